The van der Waals surface area contributed by atoms with E-state index in [2.05, 4.69) is 4.98 Å². The predicted molar refractivity (Wildman–Crippen MR) is 68.2 cm³/mol. The summed E-state index contributed by atoms with van der Waals surface area (Å²) in [7, 11) is 0. The van der Waals surface area contributed by atoms with Crippen molar-refractivity contribution in [3.63, 3.8) is 0 Å². The van der Waals surface area contributed by atoms with Gasteiger partial charge in [0.2, 0.25) is 0 Å². The summed E-state index contributed by atoms with van der Waals surface area (Å²) in [5.41, 5.74) is 3.74. The van der Waals surface area contributed by atoms with Gasteiger partial charge in [0.1, 0.15) is 0 Å². The van der Waals surface area contributed by atoms with Gasteiger partial charge in [-0.2, -0.15) is 13.2 Å². The van der Waals surface area contributed by atoms with Gasteiger partial charge in [-0.25, -0.2) is 0 Å². The van der Waals surface area contributed by atoms with Crippen molar-refractivity contribution in [1.82, 2.24) is 9.88 Å². The molecule has 0 spiro atoms. The fourth-order valence-corrected chi connectivity index (χ4v) is 2.71. The first-order chi connectivity index (χ1) is 9.36. The molecule has 0 saturated carbocycles. The van der Waals surface area contributed by atoms with Crippen LogP contribution in [0.15, 0.2) is 18.2 Å². The van der Waals surface area contributed by atoms with Crippen LogP contribution in [0.1, 0.15) is 16.8 Å². The Hall–Kier alpha value is -1.98. The molecule has 0 radical (unpaired) electrons. The molecule has 1 amide bonds. The van der Waals surface area contributed by atoms with Crippen LogP contribution in [0, 0.1) is 6.92 Å². The van der Waals surface area contributed by atoms with Crippen molar-refractivity contribution in [1.29, 1.82) is 0 Å². The van der Waals surface area contributed by atoms with Crippen LogP contribution in [-0.2, 0) is 17.8 Å². The Bertz CT molecular complexity index is 688. The molecule has 0 atom stereocenters. The Morgan fingerprint density at radius 2 is 2.10 bits per heavy atom. The molecule has 1 aromatic heterocycles. The zero-order valence-electron chi connectivity index (χ0n) is 10.8. The maximum absolute atomic E-state index is 12.5. The van der Waals surface area contributed by atoms with Crippen LogP contribution in [-0.4, -0.2) is 28.5 Å². The van der Waals surface area contributed by atoms with E-state index in [9.17, 15) is 18.0 Å². The highest BCUT2D eigenvalue weighted by Crippen LogP contribution is 2.30. The number of hydrogen-bond donors (Lipinski definition) is 1. The highest BCUT2D eigenvalue weighted by atomic mass is 19.4. The highest BCUT2D eigenvalue weighted by molar-refractivity contribution is 5.87. The van der Waals surface area contributed by atoms with Crippen LogP contribution in [0.2, 0.25) is 0 Å². The summed E-state index contributed by atoms with van der Waals surface area (Å²) in [6, 6.07) is 5.88. The fourth-order valence-electron chi connectivity index (χ4n) is 2.71. The van der Waals surface area contributed by atoms with E-state index in [0.717, 1.165) is 26.9 Å². The number of aryl methyl sites for hydroxylation is 1. The second kappa shape index (κ2) is 4.26. The number of hydrogen-bond acceptors (Lipinski definition) is 1. The molecular weight excluding hydrogens is 269 g/mol. The first-order valence-electron chi connectivity index (χ1n) is 6.32. The van der Waals surface area contributed by atoms with Gasteiger partial charge in [0.25, 0.3) is 0 Å². The molecule has 1 aromatic carbocycles. The summed E-state index contributed by atoms with van der Waals surface area (Å²) in [6.45, 7) is 2.06. The van der Waals surface area contributed by atoms with Crippen LogP contribution >= 0.6 is 0 Å². The minimum Gasteiger partial charge on any atom is -0.357 e. The van der Waals surface area contributed by atoms with Crippen LogP contribution in [0.4, 0.5) is 13.2 Å². The second-order valence-electron chi connectivity index (χ2n) is 5.11. The lowest BCUT2D eigenvalue weighted by Crippen LogP contribution is -2.43. The van der Waals surface area contributed by atoms with Crippen molar-refractivity contribution in [2.24, 2.45) is 0 Å². The third-order valence-corrected chi connectivity index (χ3v) is 3.66. The molecule has 1 aliphatic heterocycles. The Morgan fingerprint density at radius 1 is 1.35 bits per heavy atom. The lowest BCUT2D eigenvalue weighted by Gasteiger charge is -2.27. The molecule has 106 valence electrons. The van der Waals surface area contributed by atoms with Crippen LogP contribution in [0.25, 0.3) is 10.9 Å². The summed E-state index contributed by atoms with van der Waals surface area (Å²) < 4.78 is 37.4. The molecule has 0 fully saturated rings. The lowest BCUT2D eigenvalue weighted by atomic mass is 10.0. The quantitative estimate of drug-likeness (QED) is 0.792. The van der Waals surface area contributed by atoms with Gasteiger partial charge >= 0.3 is 12.1 Å². The van der Waals surface area contributed by atoms with Gasteiger partial charge in [-0.1, -0.05) is 11.6 Å². The molecule has 1 aliphatic rings. The number of aromatic nitrogens is 1. The fraction of sp³-hybridized carbons (Fsp3) is 0.357. The normalized spacial score (nSPS) is 15.5. The monoisotopic (exact) mass is 282 g/mol. The number of rotatable bonds is 0. The Balaban J connectivity index is 1.96. The number of fused-ring (bicyclic) bond motifs is 3. The van der Waals surface area contributed by atoms with E-state index < -0.39 is 12.1 Å². The van der Waals surface area contributed by atoms with Gasteiger partial charge in [-0.05, 0) is 31.0 Å². The third kappa shape index (κ3) is 2.05. The predicted octanol–water partition coefficient (Wildman–Crippen LogP) is 2.92. The lowest BCUT2D eigenvalue weighted by molar-refractivity contribution is -0.186. The van der Waals surface area contributed by atoms with Crippen molar-refractivity contribution in [2.75, 3.05) is 6.54 Å². The number of H-pyrrole nitrogens is 1. The number of carbonyl (C=O) groups is 1. The number of alkyl halides is 3. The molecule has 2 aromatic rings. The number of aromatic amines is 1. The molecule has 6 heteroatoms. The van der Waals surface area contributed by atoms with E-state index in [1.54, 1.807) is 0 Å². The smallest absolute Gasteiger partial charge is 0.357 e. The van der Waals surface area contributed by atoms with Gasteiger partial charge in [-0.3, -0.25) is 4.79 Å². The van der Waals surface area contributed by atoms with E-state index in [1.165, 1.54) is 0 Å². The minimum absolute atomic E-state index is 0.0125. The first-order valence-corrected chi connectivity index (χ1v) is 6.32. The van der Waals surface area contributed by atoms with Crippen LogP contribution in [0.5, 0.6) is 0 Å². The minimum atomic E-state index is -4.81. The molecule has 1 N–H and O–H groups in total. The van der Waals surface area contributed by atoms with Crippen LogP contribution < -0.4 is 0 Å². The number of nitrogens with zero attached hydrogens (tertiary/aromatic N) is 1. The maximum Gasteiger partial charge on any atom is 0.471 e. The number of nitrogens with one attached hydrogen (secondary N) is 1. The number of benzene rings is 1. The number of carbonyl (C=O) groups excluding carboxylic acids is 1. The molecule has 0 saturated heterocycles. The van der Waals surface area contributed by atoms with E-state index in [1.807, 2.05) is 25.1 Å². The summed E-state index contributed by atoms with van der Waals surface area (Å²) in [4.78, 5) is 15.3. The third-order valence-electron chi connectivity index (χ3n) is 3.66. The summed E-state index contributed by atoms with van der Waals surface area (Å²) in [5.74, 6) is -1.77. The molecule has 0 unspecified atom stereocenters. The summed E-state index contributed by atoms with van der Waals surface area (Å²) >= 11 is 0. The van der Waals surface area contributed by atoms with Gasteiger partial charge in [0.05, 0.1) is 6.54 Å². The van der Waals surface area contributed by atoms with Crippen molar-refractivity contribution in [2.45, 2.75) is 26.1 Å². The number of amides is 1. The molecule has 0 aliphatic carbocycles. The Morgan fingerprint density at radius 3 is 2.80 bits per heavy atom. The largest absolute Gasteiger partial charge is 0.471 e. The highest BCUT2D eigenvalue weighted by Gasteiger charge is 2.43. The summed E-state index contributed by atoms with van der Waals surface area (Å²) in [6.07, 6.45) is -4.36. The van der Waals surface area contributed by atoms with E-state index in [-0.39, 0.29) is 13.1 Å². The zero-order chi connectivity index (χ0) is 14.5. The van der Waals surface area contributed by atoms with Gasteiger partial charge in [0, 0.05) is 23.1 Å². The Labute approximate surface area is 113 Å². The SMILES string of the molecule is Cc1ccc2[nH]c3c(c2c1)CCN(C(=O)C(F)(F)F)C3. The van der Waals surface area contributed by atoms with E-state index in [4.69, 9.17) is 0 Å². The standard InChI is InChI=1S/C14H13F3N2O/c1-8-2-3-11-10(6-8)9-4-5-19(7-12(9)18-11)13(20)14(15,16)17/h2-3,6,18H,4-5,7H2,1H3. The zero-order valence-corrected chi connectivity index (χ0v) is 10.8. The average Bonchev–Trinajstić information content (AvgIpc) is 2.73. The molecule has 20 heavy (non-hydrogen) atoms. The Kier molecular flexibility index (Phi) is 2.77. The molecule has 2 heterocycles. The van der Waals surface area contributed by atoms with E-state index in [0.29, 0.717) is 12.1 Å². The second-order valence-corrected chi connectivity index (χ2v) is 5.11. The topological polar surface area (TPSA) is 36.1 Å². The van der Waals surface area contributed by atoms with Crippen molar-refractivity contribution in [3.05, 3.63) is 35.0 Å². The van der Waals surface area contributed by atoms with Crippen molar-refractivity contribution in [3.8, 4) is 0 Å². The summed E-state index contributed by atoms with van der Waals surface area (Å²) in [5, 5.41) is 1.04. The molecule has 3 nitrogen and oxygen atoms in total. The van der Waals surface area contributed by atoms with Crippen molar-refractivity contribution < 1.29 is 18.0 Å². The van der Waals surface area contributed by atoms with Crippen LogP contribution in [0.3, 0.4) is 0 Å². The maximum atomic E-state index is 12.5. The molecular formula is C14H13F3N2O. The molecule has 3 rings (SSSR count). The average molecular weight is 282 g/mol. The number of halogens is 3. The first kappa shape index (κ1) is 13.0. The van der Waals surface area contributed by atoms with Gasteiger partial charge < -0.3 is 9.88 Å². The van der Waals surface area contributed by atoms with Crippen molar-refractivity contribution >= 4 is 16.8 Å². The van der Waals surface area contributed by atoms with Gasteiger partial charge in [-0.15, -0.1) is 0 Å². The molecule has 0 bridgehead atoms. The van der Waals surface area contributed by atoms with Gasteiger partial charge in [0.15, 0.2) is 0 Å². The van der Waals surface area contributed by atoms with E-state index >= 15 is 0 Å².